The second-order valence-corrected chi connectivity index (χ2v) is 5.42. The van der Waals surface area contributed by atoms with Gasteiger partial charge in [-0.1, -0.05) is 37.0 Å². The predicted molar refractivity (Wildman–Crippen MR) is 82.5 cm³/mol. The van der Waals surface area contributed by atoms with Crippen LogP contribution in [-0.4, -0.2) is 25.1 Å². The first-order valence-electron chi connectivity index (χ1n) is 7.13. The number of hydrogen-bond donors (Lipinski definition) is 0. The van der Waals surface area contributed by atoms with Gasteiger partial charge in [0.2, 0.25) is 0 Å². The molecule has 1 atom stereocenters. The van der Waals surface area contributed by atoms with Gasteiger partial charge in [-0.3, -0.25) is 0 Å². The molecule has 7 heteroatoms. The van der Waals surface area contributed by atoms with E-state index in [1.54, 1.807) is 13.0 Å². The fourth-order valence-corrected chi connectivity index (χ4v) is 2.11. The Morgan fingerprint density at radius 3 is 1.79 bits per heavy atom. The summed E-state index contributed by atoms with van der Waals surface area (Å²) in [5.74, 6) is 0. The lowest BCUT2D eigenvalue weighted by molar-refractivity contribution is -0.323. The summed E-state index contributed by atoms with van der Waals surface area (Å²) in [6.07, 6.45) is -5.45. The van der Waals surface area contributed by atoms with Gasteiger partial charge in [0.15, 0.2) is 5.41 Å². The van der Waals surface area contributed by atoms with Gasteiger partial charge in [0.05, 0.1) is 0 Å². The molecule has 0 heterocycles. The van der Waals surface area contributed by atoms with E-state index in [1.165, 1.54) is 27.0 Å². The summed E-state index contributed by atoms with van der Waals surface area (Å²) >= 11 is 0. The molecular formula is C17H22F6O. The van der Waals surface area contributed by atoms with Crippen molar-refractivity contribution in [2.45, 2.75) is 45.1 Å². The molecule has 0 N–H and O–H groups in total. The van der Waals surface area contributed by atoms with Crippen molar-refractivity contribution >= 4 is 0 Å². The van der Waals surface area contributed by atoms with E-state index in [2.05, 4.69) is 6.58 Å². The fourth-order valence-electron chi connectivity index (χ4n) is 2.11. The zero-order chi connectivity index (χ0) is 19.2. The van der Waals surface area contributed by atoms with Gasteiger partial charge in [-0.25, -0.2) is 0 Å². The molecule has 138 valence electrons. The van der Waals surface area contributed by atoms with E-state index in [0.717, 1.165) is 24.3 Å². The highest BCUT2D eigenvalue weighted by Crippen LogP contribution is 2.57. The van der Waals surface area contributed by atoms with Crippen molar-refractivity contribution in [2.75, 3.05) is 7.11 Å². The first-order chi connectivity index (χ1) is 10.8. The third kappa shape index (κ3) is 4.75. The quantitative estimate of drug-likeness (QED) is 0.302. The van der Waals surface area contributed by atoms with Gasteiger partial charge < -0.3 is 4.74 Å². The standard InChI is InChI=1S/C17H22F6O/c1-6-8-11-15(16(18,19)20,17(21,22)23)13(3)9-12-14(4,24-5)10-7-2/h6-10,12H,3,11H2,1-2,4-5H3/b8-6-,10-7-,12-9-. The number of methoxy groups -OCH3 is 1. The van der Waals surface area contributed by atoms with Crippen LogP contribution >= 0.6 is 0 Å². The van der Waals surface area contributed by atoms with Gasteiger partial charge in [0.25, 0.3) is 0 Å². The lowest BCUT2D eigenvalue weighted by Crippen LogP contribution is -2.50. The number of hydrogen-bond acceptors (Lipinski definition) is 1. The van der Waals surface area contributed by atoms with Crippen molar-refractivity contribution < 1.29 is 31.1 Å². The van der Waals surface area contributed by atoms with Gasteiger partial charge in [-0.2, -0.15) is 26.3 Å². The van der Waals surface area contributed by atoms with Gasteiger partial charge in [0.1, 0.15) is 5.60 Å². The zero-order valence-corrected chi connectivity index (χ0v) is 14.1. The molecule has 0 radical (unpaired) electrons. The highest BCUT2D eigenvalue weighted by Gasteiger charge is 2.70. The Morgan fingerprint density at radius 1 is 0.958 bits per heavy atom. The summed E-state index contributed by atoms with van der Waals surface area (Å²) in [6, 6.07) is 0. The molecule has 0 aliphatic rings. The molecule has 0 amide bonds. The Kier molecular flexibility index (Phi) is 7.55. The smallest absolute Gasteiger partial charge is 0.370 e. The molecule has 1 nitrogen and oxygen atoms in total. The molecule has 0 spiro atoms. The fraction of sp³-hybridized carbons (Fsp3) is 0.529. The molecule has 0 aliphatic carbocycles. The lowest BCUT2D eigenvalue weighted by Gasteiger charge is -2.37. The maximum atomic E-state index is 13.4. The number of rotatable bonds is 7. The molecule has 0 saturated heterocycles. The number of alkyl halides is 6. The minimum atomic E-state index is -5.55. The lowest BCUT2D eigenvalue weighted by atomic mass is 9.75. The van der Waals surface area contributed by atoms with Crippen LogP contribution in [0.5, 0.6) is 0 Å². The molecule has 0 aliphatic heterocycles. The molecule has 0 aromatic rings. The molecule has 0 fully saturated rings. The van der Waals surface area contributed by atoms with Crippen LogP contribution in [0.25, 0.3) is 0 Å². The summed E-state index contributed by atoms with van der Waals surface area (Å²) < 4.78 is 85.5. The third-order valence-electron chi connectivity index (χ3n) is 3.73. The van der Waals surface area contributed by atoms with E-state index < -0.39 is 35.4 Å². The minimum absolute atomic E-state index is 0.730. The molecule has 0 bridgehead atoms. The maximum Gasteiger partial charge on any atom is 0.407 e. The summed E-state index contributed by atoms with van der Waals surface area (Å²) in [5.41, 5.74) is -6.28. The molecule has 0 rings (SSSR count). The summed E-state index contributed by atoms with van der Waals surface area (Å²) in [7, 11) is 1.30. The van der Waals surface area contributed by atoms with Crippen molar-refractivity contribution in [3.8, 4) is 0 Å². The van der Waals surface area contributed by atoms with Gasteiger partial charge in [0, 0.05) is 7.11 Å². The Morgan fingerprint density at radius 2 is 1.46 bits per heavy atom. The molecule has 0 aromatic carbocycles. The van der Waals surface area contributed by atoms with Crippen molar-refractivity contribution in [2.24, 2.45) is 5.41 Å². The summed E-state index contributed by atoms with van der Waals surface area (Å²) in [6.45, 7) is 7.58. The van der Waals surface area contributed by atoms with Crippen molar-refractivity contribution in [1.82, 2.24) is 0 Å². The van der Waals surface area contributed by atoms with Crippen molar-refractivity contribution in [3.05, 3.63) is 48.6 Å². The summed E-state index contributed by atoms with van der Waals surface area (Å²) in [5, 5.41) is 0. The van der Waals surface area contributed by atoms with Gasteiger partial charge in [-0.15, -0.1) is 0 Å². The largest absolute Gasteiger partial charge is 0.407 e. The average Bonchev–Trinajstić information content (AvgIpc) is 2.43. The molecule has 0 saturated carbocycles. The Hall–Kier alpha value is -1.50. The molecule has 0 aromatic heterocycles. The van der Waals surface area contributed by atoms with E-state index in [0.29, 0.717) is 0 Å². The predicted octanol–water partition coefficient (Wildman–Crippen LogP) is 6.16. The monoisotopic (exact) mass is 356 g/mol. The number of allylic oxidation sites excluding steroid dienone is 5. The molecular weight excluding hydrogens is 334 g/mol. The van der Waals surface area contributed by atoms with Gasteiger partial charge in [-0.05, 0) is 38.8 Å². The van der Waals surface area contributed by atoms with Crippen LogP contribution in [0, 0.1) is 5.41 Å². The third-order valence-corrected chi connectivity index (χ3v) is 3.73. The first-order valence-corrected chi connectivity index (χ1v) is 7.13. The topological polar surface area (TPSA) is 9.23 Å². The van der Waals surface area contributed by atoms with E-state index in [-0.39, 0.29) is 0 Å². The number of ether oxygens (including phenoxy) is 1. The Balaban J connectivity index is 6.13. The number of halogens is 6. The van der Waals surface area contributed by atoms with E-state index in [9.17, 15) is 26.3 Å². The van der Waals surface area contributed by atoms with Crippen LogP contribution in [-0.2, 0) is 4.74 Å². The van der Waals surface area contributed by atoms with Gasteiger partial charge >= 0.3 is 12.4 Å². The Bertz CT molecular complexity index is 496. The second kappa shape index (κ2) is 8.05. The zero-order valence-electron chi connectivity index (χ0n) is 14.1. The van der Waals surface area contributed by atoms with Crippen molar-refractivity contribution in [1.29, 1.82) is 0 Å². The highest BCUT2D eigenvalue weighted by molar-refractivity contribution is 5.32. The first kappa shape index (κ1) is 22.5. The SMILES string of the molecule is C=C(/C=C\C(C)(/C=C\C)OC)C(C/C=C\C)(C(F)(F)F)C(F)(F)F. The van der Waals surface area contributed by atoms with E-state index in [4.69, 9.17) is 4.74 Å². The normalized spacial score (nSPS) is 17.1. The van der Waals surface area contributed by atoms with Crippen LogP contribution < -0.4 is 0 Å². The maximum absolute atomic E-state index is 13.4. The Labute approximate surface area is 138 Å². The van der Waals surface area contributed by atoms with Crippen LogP contribution in [0.1, 0.15) is 27.2 Å². The van der Waals surface area contributed by atoms with E-state index in [1.807, 2.05) is 0 Å². The minimum Gasteiger partial charge on any atom is -0.370 e. The van der Waals surface area contributed by atoms with Crippen LogP contribution in [0.15, 0.2) is 48.6 Å². The van der Waals surface area contributed by atoms with Crippen LogP contribution in [0.4, 0.5) is 26.3 Å². The van der Waals surface area contributed by atoms with Crippen molar-refractivity contribution in [3.63, 3.8) is 0 Å². The molecule has 1 unspecified atom stereocenters. The summed E-state index contributed by atoms with van der Waals surface area (Å²) in [4.78, 5) is 0. The van der Waals surface area contributed by atoms with Crippen LogP contribution in [0.3, 0.4) is 0 Å². The van der Waals surface area contributed by atoms with E-state index >= 15 is 0 Å². The van der Waals surface area contributed by atoms with Crippen LogP contribution in [0.2, 0.25) is 0 Å². The second-order valence-electron chi connectivity index (χ2n) is 5.42. The average molecular weight is 356 g/mol. The highest BCUT2D eigenvalue weighted by atomic mass is 19.4. The molecule has 24 heavy (non-hydrogen) atoms.